The number of fused-ring (bicyclic) bond motifs is 1. The lowest BCUT2D eigenvalue weighted by molar-refractivity contribution is 1.32. The molecule has 0 spiro atoms. The van der Waals surface area contributed by atoms with E-state index in [1.807, 2.05) is 32.0 Å². The second-order valence-corrected chi connectivity index (χ2v) is 4.16. The molecular weight excluding hydrogens is 217 g/mol. The normalized spacial score (nSPS) is 10.9. The van der Waals surface area contributed by atoms with Crippen molar-refractivity contribution in [2.45, 2.75) is 13.8 Å². The standard InChI is InChI=1S/C11H9Cl2N/c1-6-4-10-8(5-9(6)12)3-7(2)11(13)14-10/h3-5H,1-2H3. The molecule has 14 heavy (non-hydrogen) atoms. The average molecular weight is 226 g/mol. The van der Waals surface area contributed by atoms with Gasteiger partial charge in [0.25, 0.3) is 0 Å². The molecule has 1 nitrogen and oxygen atoms in total. The molecule has 1 aromatic carbocycles. The summed E-state index contributed by atoms with van der Waals surface area (Å²) in [6.45, 7) is 3.89. The Morgan fingerprint density at radius 1 is 1.00 bits per heavy atom. The maximum absolute atomic E-state index is 6.02. The van der Waals surface area contributed by atoms with Crippen LogP contribution in [0.2, 0.25) is 10.2 Å². The largest absolute Gasteiger partial charge is 0.236 e. The number of nitrogens with zero attached hydrogens (tertiary/aromatic N) is 1. The number of benzene rings is 1. The molecular formula is C11H9Cl2N. The molecule has 1 aromatic heterocycles. The zero-order valence-electron chi connectivity index (χ0n) is 7.94. The fourth-order valence-electron chi connectivity index (χ4n) is 1.38. The molecule has 1 heterocycles. The van der Waals surface area contributed by atoms with Crippen molar-refractivity contribution in [3.63, 3.8) is 0 Å². The molecule has 2 aromatic rings. The monoisotopic (exact) mass is 225 g/mol. The zero-order valence-corrected chi connectivity index (χ0v) is 9.45. The van der Waals surface area contributed by atoms with Crippen molar-refractivity contribution >= 4 is 34.1 Å². The molecule has 0 aliphatic heterocycles. The highest BCUT2D eigenvalue weighted by Gasteiger charge is 2.03. The lowest BCUT2D eigenvalue weighted by Crippen LogP contribution is -1.86. The van der Waals surface area contributed by atoms with Crippen molar-refractivity contribution < 1.29 is 0 Å². The van der Waals surface area contributed by atoms with E-state index in [9.17, 15) is 0 Å². The first-order chi connectivity index (χ1) is 6.58. The number of rotatable bonds is 0. The minimum Gasteiger partial charge on any atom is -0.236 e. The van der Waals surface area contributed by atoms with E-state index in [-0.39, 0.29) is 0 Å². The molecule has 0 bridgehead atoms. The van der Waals surface area contributed by atoms with Crippen LogP contribution in [0.1, 0.15) is 11.1 Å². The molecule has 0 unspecified atom stereocenters. The summed E-state index contributed by atoms with van der Waals surface area (Å²) in [7, 11) is 0. The molecule has 0 aliphatic rings. The van der Waals surface area contributed by atoms with Crippen molar-refractivity contribution in [1.29, 1.82) is 0 Å². The fourth-order valence-corrected chi connectivity index (χ4v) is 1.70. The Kier molecular flexibility index (Phi) is 2.38. The van der Waals surface area contributed by atoms with Gasteiger partial charge in [-0.05, 0) is 43.2 Å². The Balaban J connectivity index is 2.83. The van der Waals surface area contributed by atoms with Crippen molar-refractivity contribution in [3.8, 4) is 0 Å². The molecule has 0 fully saturated rings. The van der Waals surface area contributed by atoms with Gasteiger partial charge in [0.1, 0.15) is 5.15 Å². The van der Waals surface area contributed by atoms with Crippen molar-refractivity contribution in [1.82, 2.24) is 4.98 Å². The second kappa shape index (κ2) is 3.41. The number of aryl methyl sites for hydroxylation is 2. The van der Waals surface area contributed by atoms with E-state index in [0.29, 0.717) is 5.15 Å². The minimum atomic E-state index is 0.555. The van der Waals surface area contributed by atoms with E-state index < -0.39 is 0 Å². The lowest BCUT2D eigenvalue weighted by Gasteiger charge is -2.04. The molecule has 0 radical (unpaired) electrons. The highest BCUT2D eigenvalue weighted by atomic mass is 35.5. The van der Waals surface area contributed by atoms with Gasteiger partial charge in [-0.1, -0.05) is 23.2 Å². The van der Waals surface area contributed by atoms with Crippen molar-refractivity contribution in [2.75, 3.05) is 0 Å². The summed E-state index contributed by atoms with van der Waals surface area (Å²) >= 11 is 12.0. The van der Waals surface area contributed by atoms with Crippen LogP contribution >= 0.6 is 23.2 Å². The first-order valence-corrected chi connectivity index (χ1v) is 5.06. The van der Waals surface area contributed by atoms with E-state index in [1.54, 1.807) is 0 Å². The van der Waals surface area contributed by atoms with Crippen LogP contribution in [0.15, 0.2) is 18.2 Å². The molecule has 0 saturated heterocycles. The van der Waals surface area contributed by atoms with E-state index >= 15 is 0 Å². The summed E-state index contributed by atoms with van der Waals surface area (Å²) in [5.41, 5.74) is 2.88. The predicted molar refractivity (Wildman–Crippen MR) is 61.2 cm³/mol. The van der Waals surface area contributed by atoms with Gasteiger partial charge in [-0.25, -0.2) is 4.98 Å². The first-order valence-electron chi connectivity index (χ1n) is 4.31. The van der Waals surface area contributed by atoms with Gasteiger partial charge in [-0.15, -0.1) is 0 Å². The third-order valence-electron chi connectivity index (χ3n) is 2.22. The maximum Gasteiger partial charge on any atom is 0.132 e. The molecule has 0 N–H and O–H groups in total. The molecule has 0 saturated carbocycles. The Hall–Kier alpha value is -0.790. The molecule has 0 amide bonds. The smallest absolute Gasteiger partial charge is 0.132 e. The van der Waals surface area contributed by atoms with Gasteiger partial charge in [0.2, 0.25) is 0 Å². The Morgan fingerprint density at radius 2 is 1.71 bits per heavy atom. The number of hydrogen-bond donors (Lipinski definition) is 0. The fraction of sp³-hybridized carbons (Fsp3) is 0.182. The van der Waals surface area contributed by atoms with Crippen LogP contribution in [-0.4, -0.2) is 4.98 Å². The third kappa shape index (κ3) is 1.58. The summed E-state index contributed by atoms with van der Waals surface area (Å²) in [4.78, 5) is 4.28. The second-order valence-electron chi connectivity index (χ2n) is 3.39. The van der Waals surface area contributed by atoms with Crippen LogP contribution in [0.3, 0.4) is 0 Å². The Morgan fingerprint density at radius 3 is 2.43 bits per heavy atom. The van der Waals surface area contributed by atoms with Crippen LogP contribution in [0, 0.1) is 13.8 Å². The van der Waals surface area contributed by atoms with E-state index in [4.69, 9.17) is 23.2 Å². The van der Waals surface area contributed by atoms with Crippen LogP contribution in [0.4, 0.5) is 0 Å². The van der Waals surface area contributed by atoms with E-state index in [2.05, 4.69) is 4.98 Å². The third-order valence-corrected chi connectivity index (χ3v) is 3.01. The number of halogens is 2. The van der Waals surface area contributed by atoms with E-state index in [1.165, 1.54) is 0 Å². The average Bonchev–Trinajstić information content (AvgIpc) is 2.11. The SMILES string of the molecule is Cc1cc2nc(Cl)c(C)cc2cc1Cl. The van der Waals surface area contributed by atoms with Crippen LogP contribution in [0.5, 0.6) is 0 Å². The number of pyridine rings is 1. The van der Waals surface area contributed by atoms with Crippen LogP contribution < -0.4 is 0 Å². The molecule has 72 valence electrons. The molecule has 0 aliphatic carbocycles. The first kappa shape index (κ1) is 9.75. The highest BCUT2D eigenvalue weighted by Crippen LogP contribution is 2.25. The predicted octanol–water partition coefficient (Wildman–Crippen LogP) is 4.16. The lowest BCUT2D eigenvalue weighted by atomic mass is 10.1. The zero-order chi connectivity index (χ0) is 10.3. The van der Waals surface area contributed by atoms with Crippen molar-refractivity contribution in [3.05, 3.63) is 39.5 Å². The van der Waals surface area contributed by atoms with Crippen molar-refractivity contribution in [2.24, 2.45) is 0 Å². The van der Waals surface area contributed by atoms with E-state index in [0.717, 1.165) is 27.1 Å². The summed E-state index contributed by atoms with van der Waals surface area (Å²) in [6.07, 6.45) is 0. The summed E-state index contributed by atoms with van der Waals surface area (Å²) in [6, 6.07) is 5.86. The van der Waals surface area contributed by atoms with Gasteiger partial charge in [-0.2, -0.15) is 0 Å². The number of hydrogen-bond acceptors (Lipinski definition) is 1. The van der Waals surface area contributed by atoms with Crippen LogP contribution in [-0.2, 0) is 0 Å². The quantitative estimate of drug-likeness (QED) is 0.614. The molecule has 3 heteroatoms. The minimum absolute atomic E-state index is 0.555. The summed E-state index contributed by atoms with van der Waals surface area (Å²) in [5, 5.41) is 2.35. The Labute approximate surface area is 92.7 Å². The topological polar surface area (TPSA) is 12.9 Å². The van der Waals surface area contributed by atoms with Gasteiger partial charge in [0, 0.05) is 10.4 Å². The summed E-state index contributed by atoms with van der Waals surface area (Å²) in [5.74, 6) is 0. The number of aromatic nitrogens is 1. The van der Waals surface area contributed by atoms with Gasteiger partial charge in [-0.3, -0.25) is 0 Å². The Bertz CT molecular complexity index is 417. The molecule has 0 atom stereocenters. The van der Waals surface area contributed by atoms with Gasteiger partial charge in [0.05, 0.1) is 5.52 Å². The van der Waals surface area contributed by atoms with Gasteiger partial charge in [0.15, 0.2) is 0 Å². The van der Waals surface area contributed by atoms with Gasteiger partial charge >= 0.3 is 0 Å². The highest BCUT2D eigenvalue weighted by molar-refractivity contribution is 6.32. The summed E-state index contributed by atoms with van der Waals surface area (Å²) < 4.78 is 0. The molecule has 2 rings (SSSR count). The van der Waals surface area contributed by atoms with Crippen LogP contribution in [0.25, 0.3) is 10.9 Å². The van der Waals surface area contributed by atoms with Gasteiger partial charge < -0.3 is 0 Å². The maximum atomic E-state index is 6.02.